The van der Waals surface area contributed by atoms with Gasteiger partial charge in [0.2, 0.25) is 0 Å². The van der Waals surface area contributed by atoms with Gasteiger partial charge in [-0.3, -0.25) is 4.98 Å². The van der Waals surface area contributed by atoms with Crippen LogP contribution in [0.15, 0.2) is 42.7 Å². The van der Waals surface area contributed by atoms with Crippen LogP contribution in [-0.4, -0.2) is 11.0 Å². The highest BCUT2D eigenvalue weighted by Crippen LogP contribution is 2.25. The van der Waals surface area contributed by atoms with Gasteiger partial charge in [0.25, 0.3) is 0 Å². The minimum atomic E-state index is -0.312. The molecule has 2 amide bonds. The molecule has 0 saturated heterocycles. The van der Waals surface area contributed by atoms with Gasteiger partial charge in [-0.2, -0.15) is 0 Å². The molecule has 2 N–H and O–H groups in total. The van der Waals surface area contributed by atoms with Gasteiger partial charge in [-0.15, -0.1) is 0 Å². The molecule has 1 atom stereocenters. The third-order valence-electron chi connectivity index (χ3n) is 2.73. The van der Waals surface area contributed by atoms with Crippen LogP contribution in [0, 0.1) is 0 Å². The molecule has 2 aromatic rings. The predicted octanol–water partition coefficient (Wildman–Crippen LogP) is 4.27. The summed E-state index contributed by atoms with van der Waals surface area (Å²) in [5.41, 5.74) is 1.56. The zero-order chi connectivity index (χ0) is 14.5. The Morgan fingerprint density at radius 1 is 1.15 bits per heavy atom. The second kappa shape index (κ2) is 6.59. The van der Waals surface area contributed by atoms with Crippen molar-refractivity contribution < 1.29 is 4.79 Å². The molecule has 1 aromatic heterocycles. The van der Waals surface area contributed by atoms with E-state index in [-0.39, 0.29) is 12.1 Å². The Kier molecular flexibility index (Phi) is 4.82. The number of hydrogen-bond donors (Lipinski definition) is 2. The Bertz CT molecular complexity index is 605. The number of nitrogens with zero attached hydrogens (tertiary/aromatic N) is 1. The predicted molar refractivity (Wildman–Crippen MR) is 81.3 cm³/mol. The van der Waals surface area contributed by atoms with E-state index >= 15 is 0 Å². The third kappa shape index (κ3) is 3.85. The average Bonchev–Trinajstić information content (AvgIpc) is 2.44. The largest absolute Gasteiger partial charge is 0.331 e. The zero-order valence-corrected chi connectivity index (χ0v) is 12.2. The molecule has 4 nitrogen and oxygen atoms in total. The molecule has 1 heterocycles. The first-order valence-corrected chi connectivity index (χ1v) is 6.74. The van der Waals surface area contributed by atoms with Gasteiger partial charge in [-0.25, -0.2) is 4.79 Å². The monoisotopic (exact) mass is 309 g/mol. The second-order valence-corrected chi connectivity index (χ2v) is 5.04. The van der Waals surface area contributed by atoms with Crippen LogP contribution in [0.25, 0.3) is 0 Å². The highest BCUT2D eigenvalue weighted by molar-refractivity contribution is 6.42. The maximum absolute atomic E-state index is 11.9. The van der Waals surface area contributed by atoms with Gasteiger partial charge in [0.05, 0.1) is 16.1 Å². The first kappa shape index (κ1) is 14.6. The van der Waals surface area contributed by atoms with Gasteiger partial charge < -0.3 is 10.6 Å². The number of benzene rings is 1. The van der Waals surface area contributed by atoms with Crippen LogP contribution in [-0.2, 0) is 0 Å². The van der Waals surface area contributed by atoms with E-state index in [2.05, 4.69) is 15.6 Å². The molecule has 6 heteroatoms. The van der Waals surface area contributed by atoms with Crippen molar-refractivity contribution in [2.45, 2.75) is 13.0 Å². The quantitative estimate of drug-likeness (QED) is 0.889. The summed E-state index contributed by atoms with van der Waals surface area (Å²) >= 11 is 11.7. The maximum Gasteiger partial charge on any atom is 0.319 e. The van der Waals surface area contributed by atoms with Gasteiger partial charge in [0.15, 0.2) is 0 Å². The van der Waals surface area contributed by atoms with Crippen LogP contribution >= 0.6 is 23.2 Å². The first-order valence-electron chi connectivity index (χ1n) is 5.99. The molecule has 2 rings (SSSR count). The molecule has 20 heavy (non-hydrogen) atoms. The summed E-state index contributed by atoms with van der Waals surface area (Å²) in [6.45, 7) is 1.89. The number of amides is 2. The van der Waals surface area contributed by atoms with E-state index in [4.69, 9.17) is 23.2 Å². The van der Waals surface area contributed by atoms with E-state index in [1.54, 1.807) is 30.6 Å². The number of aromatic nitrogens is 1. The molecule has 1 aromatic carbocycles. The molecule has 0 aliphatic heterocycles. The van der Waals surface area contributed by atoms with Crippen molar-refractivity contribution in [1.82, 2.24) is 10.3 Å². The maximum atomic E-state index is 11.9. The summed E-state index contributed by atoms with van der Waals surface area (Å²) < 4.78 is 0. The first-order chi connectivity index (χ1) is 9.56. The van der Waals surface area contributed by atoms with Crippen LogP contribution < -0.4 is 10.6 Å². The number of carbonyl (C=O) groups is 1. The lowest BCUT2D eigenvalue weighted by atomic mass is 10.1. The SMILES string of the molecule is C[C@@H](NC(=O)Nc1ccc(Cl)c(Cl)c1)c1ccncc1. The molecule has 104 valence electrons. The van der Waals surface area contributed by atoms with E-state index < -0.39 is 0 Å². The summed E-state index contributed by atoms with van der Waals surface area (Å²) in [6.07, 6.45) is 3.37. The van der Waals surface area contributed by atoms with E-state index in [0.717, 1.165) is 5.56 Å². The number of pyridine rings is 1. The van der Waals surface area contributed by atoms with E-state index in [1.807, 2.05) is 19.1 Å². The number of rotatable bonds is 3. The average molecular weight is 310 g/mol. The highest BCUT2D eigenvalue weighted by atomic mass is 35.5. The van der Waals surface area contributed by atoms with Crippen LogP contribution in [0.1, 0.15) is 18.5 Å². The minimum absolute atomic E-state index is 0.124. The highest BCUT2D eigenvalue weighted by Gasteiger charge is 2.09. The molecular formula is C14H13Cl2N3O. The Morgan fingerprint density at radius 3 is 2.50 bits per heavy atom. The van der Waals surface area contributed by atoms with Crippen molar-refractivity contribution in [3.8, 4) is 0 Å². The standard InChI is InChI=1S/C14H13Cl2N3O/c1-9(10-4-6-17-7-5-10)18-14(20)19-11-2-3-12(15)13(16)8-11/h2-9H,1H3,(H2,18,19,20)/t9-/m1/s1. The van der Waals surface area contributed by atoms with Crippen molar-refractivity contribution in [3.63, 3.8) is 0 Å². The van der Waals surface area contributed by atoms with Crippen molar-refractivity contribution in [3.05, 3.63) is 58.3 Å². The van der Waals surface area contributed by atoms with Crippen molar-refractivity contribution >= 4 is 34.9 Å². The molecule has 0 saturated carbocycles. The van der Waals surface area contributed by atoms with Crippen LogP contribution in [0.3, 0.4) is 0 Å². The van der Waals surface area contributed by atoms with E-state index in [1.165, 1.54) is 0 Å². The zero-order valence-electron chi connectivity index (χ0n) is 10.7. The number of nitrogens with one attached hydrogen (secondary N) is 2. The van der Waals surface area contributed by atoms with Gasteiger partial charge in [-0.1, -0.05) is 23.2 Å². The molecule has 0 radical (unpaired) electrons. The number of hydrogen-bond acceptors (Lipinski definition) is 2. The molecular weight excluding hydrogens is 297 g/mol. The van der Waals surface area contributed by atoms with E-state index in [9.17, 15) is 4.79 Å². The van der Waals surface area contributed by atoms with Crippen molar-refractivity contribution in [2.75, 3.05) is 5.32 Å². The van der Waals surface area contributed by atoms with Gasteiger partial charge in [-0.05, 0) is 42.8 Å². The number of carbonyl (C=O) groups excluding carboxylic acids is 1. The third-order valence-corrected chi connectivity index (χ3v) is 3.47. The van der Waals surface area contributed by atoms with E-state index in [0.29, 0.717) is 15.7 Å². The van der Waals surface area contributed by atoms with Gasteiger partial charge in [0.1, 0.15) is 0 Å². The summed E-state index contributed by atoms with van der Waals surface area (Å²) in [7, 11) is 0. The minimum Gasteiger partial charge on any atom is -0.331 e. The Labute approximate surface area is 127 Å². The van der Waals surface area contributed by atoms with Crippen molar-refractivity contribution in [2.24, 2.45) is 0 Å². The molecule has 0 aliphatic rings. The van der Waals surface area contributed by atoms with Gasteiger partial charge >= 0.3 is 6.03 Å². The van der Waals surface area contributed by atoms with Crippen LogP contribution in [0.4, 0.5) is 10.5 Å². The fraction of sp³-hybridized carbons (Fsp3) is 0.143. The summed E-state index contributed by atoms with van der Waals surface area (Å²) in [5, 5.41) is 6.37. The molecule has 0 bridgehead atoms. The van der Waals surface area contributed by atoms with Gasteiger partial charge in [0, 0.05) is 18.1 Å². The molecule has 0 aliphatic carbocycles. The lowest BCUT2D eigenvalue weighted by Gasteiger charge is -2.15. The van der Waals surface area contributed by atoms with Crippen LogP contribution in [0.2, 0.25) is 10.0 Å². The second-order valence-electron chi connectivity index (χ2n) is 4.23. The number of halogens is 2. The Hall–Kier alpha value is -1.78. The molecule has 0 fully saturated rings. The summed E-state index contributed by atoms with van der Waals surface area (Å²) in [4.78, 5) is 15.8. The summed E-state index contributed by atoms with van der Waals surface area (Å²) in [5.74, 6) is 0. The fourth-order valence-electron chi connectivity index (χ4n) is 1.67. The number of anilines is 1. The fourth-order valence-corrected chi connectivity index (χ4v) is 1.97. The lowest BCUT2D eigenvalue weighted by molar-refractivity contribution is 0.249. The Morgan fingerprint density at radius 2 is 1.85 bits per heavy atom. The van der Waals surface area contributed by atoms with Crippen molar-refractivity contribution in [1.29, 1.82) is 0 Å². The van der Waals surface area contributed by atoms with Crippen LogP contribution in [0.5, 0.6) is 0 Å². The Balaban J connectivity index is 1.97. The smallest absolute Gasteiger partial charge is 0.319 e. The summed E-state index contributed by atoms with van der Waals surface area (Å²) in [6, 6.07) is 8.18. The molecule has 0 spiro atoms. The molecule has 0 unspecified atom stereocenters. The lowest BCUT2D eigenvalue weighted by Crippen LogP contribution is -2.31. The number of urea groups is 1. The normalized spacial score (nSPS) is 11.8. The topological polar surface area (TPSA) is 54.0 Å².